The smallest absolute Gasteiger partial charge is 0.408 e. The van der Waals surface area contributed by atoms with E-state index in [1.165, 1.54) is 46.2 Å². The van der Waals surface area contributed by atoms with E-state index >= 15 is 4.79 Å². The molecule has 1 aromatic heterocycles. The summed E-state index contributed by atoms with van der Waals surface area (Å²) in [7, 11) is -2.78. The van der Waals surface area contributed by atoms with Crippen molar-refractivity contribution >= 4 is 50.6 Å². The largest absolute Gasteiger partial charge is 0.497 e. The maximum absolute atomic E-state index is 15.3. The minimum atomic E-state index is -4.33. The minimum Gasteiger partial charge on any atom is -0.497 e. The number of hydrogen-bond acceptors (Lipinski definition) is 11. The number of nitrogens with zero attached hydrogens (tertiary/aromatic N) is 3. The highest BCUT2D eigenvalue weighted by atomic mass is 32.2. The number of piperidine rings is 1. The monoisotopic (exact) mass is 892 g/mol. The van der Waals surface area contributed by atoms with Crippen LogP contribution >= 0.6 is 0 Å². The van der Waals surface area contributed by atoms with Crippen molar-refractivity contribution in [3.8, 4) is 22.8 Å². The Hall–Kier alpha value is -6.75. The van der Waals surface area contributed by atoms with Gasteiger partial charge in [0.05, 0.1) is 29.8 Å². The molecule has 336 valence electrons. The number of ether oxygens (including phenoxy) is 3. The molecule has 3 N–H and O–H groups in total. The van der Waals surface area contributed by atoms with Crippen molar-refractivity contribution in [3.63, 3.8) is 0 Å². The Labute approximate surface area is 372 Å². The number of carbonyl (C=O) groups is 5. The van der Waals surface area contributed by atoms with Crippen LogP contribution in [-0.4, -0.2) is 108 Å². The number of fused-ring (bicyclic) bond motifs is 1. The highest BCUT2D eigenvalue weighted by molar-refractivity contribution is 7.90. The molecule has 17 heteroatoms. The summed E-state index contributed by atoms with van der Waals surface area (Å²) >= 11 is 0. The lowest BCUT2D eigenvalue weighted by Gasteiger charge is -2.43. The molecule has 64 heavy (non-hydrogen) atoms. The van der Waals surface area contributed by atoms with Gasteiger partial charge in [-0.2, -0.15) is 0 Å². The lowest BCUT2D eigenvalue weighted by Crippen LogP contribution is -2.66. The van der Waals surface area contributed by atoms with Crippen LogP contribution in [0, 0.1) is 5.92 Å². The van der Waals surface area contributed by atoms with Crippen molar-refractivity contribution in [3.05, 3.63) is 110 Å². The van der Waals surface area contributed by atoms with Gasteiger partial charge in [-0.15, -0.1) is 6.58 Å². The third kappa shape index (κ3) is 9.44. The molecular formula is C47H52N6O10S. The number of amides is 5. The normalized spacial score (nSPS) is 21.5. The molecule has 3 aromatic carbocycles. The van der Waals surface area contributed by atoms with Crippen LogP contribution < -0.4 is 24.8 Å². The van der Waals surface area contributed by atoms with Crippen LogP contribution in [0.1, 0.15) is 46.5 Å². The predicted molar refractivity (Wildman–Crippen MR) is 237 cm³/mol. The molecule has 4 atom stereocenters. The molecule has 2 saturated heterocycles. The van der Waals surface area contributed by atoms with Crippen LogP contribution in [0.5, 0.6) is 11.5 Å². The molecule has 3 aliphatic rings. The van der Waals surface area contributed by atoms with Crippen LogP contribution in [0.2, 0.25) is 0 Å². The first kappa shape index (κ1) is 45.3. The molecule has 0 bridgehead atoms. The summed E-state index contributed by atoms with van der Waals surface area (Å²) in [5.74, 6) is -2.35. The number of nitrogens with one attached hydrogen (secondary N) is 3. The Bertz CT molecular complexity index is 2590. The van der Waals surface area contributed by atoms with Gasteiger partial charge in [0.1, 0.15) is 40.3 Å². The third-order valence-corrected chi connectivity index (χ3v) is 13.1. The fourth-order valence-electron chi connectivity index (χ4n) is 8.31. The van der Waals surface area contributed by atoms with E-state index in [1.807, 2.05) is 30.3 Å². The number of benzene rings is 3. The van der Waals surface area contributed by atoms with Crippen molar-refractivity contribution in [1.29, 1.82) is 0 Å². The first-order chi connectivity index (χ1) is 30.4. The Morgan fingerprint density at radius 1 is 0.906 bits per heavy atom. The standard InChI is InChI=1S/C47H52N6O10S/c1-7-31-28-47(31,42(56)51-64(59,60)34-17-13-10-14-18-34)49-41(55)38-26-33(62-39-27-36(30-15-11-9-12-16-30)48-37-25-32(61-6)19-20-35(37)39)29-53(38)43(57)46(50-44(58)63-45(3,4)5)21-23-52(24-22-46)40(54)8-2/h7-20,25,27,31,33,38H,1-2,21-24,26,28-29H2,3-6H3,(H,49,55)(H,50,58)(H,51,56)/t31-,33-,38+,47-/m1/s1. The van der Waals surface area contributed by atoms with Crippen molar-refractivity contribution in [2.75, 3.05) is 26.7 Å². The average Bonchev–Trinajstić information content (AvgIpc) is 3.84. The summed E-state index contributed by atoms with van der Waals surface area (Å²) in [5.41, 5.74) is -2.29. The Morgan fingerprint density at radius 3 is 2.19 bits per heavy atom. The molecule has 2 aliphatic heterocycles. The molecule has 1 aliphatic carbocycles. The molecular weight excluding hydrogens is 841 g/mol. The van der Waals surface area contributed by atoms with Gasteiger partial charge in [0.2, 0.25) is 17.7 Å². The van der Waals surface area contributed by atoms with E-state index in [2.05, 4.69) is 28.5 Å². The molecule has 4 aromatic rings. The van der Waals surface area contributed by atoms with Crippen molar-refractivity contribution < 1.29 is 46.6 Å². The van der Waals surface area contributed by atoms with E-state index in [9.17, 15) is 27.6 Å². The van der Waals surface area contributed by atoms with Crippen molar-refractivity contribution in [1.82, 2.24) is 30.1 Å². The molecule has 0 unspecified atom stereocenters. The average molecular weight is 893 g/mol. The molecule has 5 amide bonds. The van der Waals surface area contributed by atoms with Gasteiger partial charge in [-0.05, 0) is 70.4 Å². The van der Waals surface area contributed by atoms with E-state index < -0.39 is 68.6 Å². The van der Waals surface area contributed by atoms with E-state index in [0.29, 0.717) is 28.1 Å². The van der Waals surface area contributed by atoms with Crippen LogP contribution in [-0.2, 0) is 33.9 Å². The minimum absolute atomic E-state index is 0.0273. The second kappa shape index (κ2) is 17.8. The lowest BCUT2D eigenvalue weighted by molar-refractivity contribution is -0.147. The van der Waals surface area contributed by atoms with Crippen LogP contribution in [0.4, 0.5) is 4.79 Å². The highest BCUT2D eigenvalue weighted by Gasteiger charge is 2.62. The Morgan fingerprint density at radius 2 is 1.58 bits per heavy atom. The zero-order valence-corrected chi connectivity index (χ0v) is 37.0. The number of carbonyl (C=O) groups excluding carboxylic acids is 5. The summed E-state index contributed by atoms with van der Waals surface area (Å²) in [6.07, 6.45) is 0.866. The van der Waals surface area contributed by atoms with Crippen LogP contribution in [0.25, 0.3) is 22.2 Å². The molecule has 0 spiro atoms. The summed E-state index contributed by atoms with van der Waals surface area (Å²) < 4.78 is 46.6. The van der Waals surface area contributed by atoms with E-state index in [1.54, 1.807) is 58.2 Å². The summed E-state index contributed by atoms with van der Waals surface area (Å²) in [6, 6.07) is 22.7. The van der Waals surface area contributed by atoms with Gasteiger partial charge in [0.15, 0.2) is 0 Å². The third-order valence-electron chi connectivity index (χ3n) is 11.8. The first-order valence-corrected chi connectivity index (χ1v) is 22.4. The summed E-state index contributed by atoms with van der Waals surface area (Å²) in [6.45, 7) is 12.5. The fraction of sp³-hybridized carbons (Fsp3) is 0.362. The number of rotatable bonds is 13. The summed E-state index contributed by atoms with van der Waals surface area (Å²) in [4.78, 5) is 77.8. The van der Waals surface area contributed by atoms with Gasteiger partial charge in [0, 0.05) is 48.5 Å². The molecule has 1 saturated carbocycles. The summed E-state index contributed by atoms with van der Waals surface area (Å²) in [5, 5.41) is 6.25. The van der Waals surface area contributed by atoms with Crippen LogP contribution in [0.3, 0.4) is 0 Å². The number of likely N-dealkylation sites (tertiary alicyclic amines) is 2. The number of alkyl carbamates (subject to hydrolysis) is 1. The molecule has 3 fully saturated rings. The Balaban J connectivity index is 1.25. The van der Waals surface area contributed by atoms with Gasteiger partial charge < -0.3 is 34.6 Å². The number of aromatic nitrogens is 1. The zero-order valence-electron chi connectivity index (χ0n) is 36.2. The Kier molecular flexibility index (Phi) is 12.6. The molecule has 16 nitrogen and oxygen atoms in total. The number of pyridine rings is 1. The van der Waals surface area contributed by atoms with Crippen molar-refractivity contribution in [2.45, 2.75) is 80.2 Å². The topological polar surface area (TPSA) is 203 Å². The van der Waals surface area contributed by atoms with Gasteiger partial charge in [0.25, 0.3) is 15.9 Å². The van der Waals surface area contributed by atoms with Gasteiger partial charge in [-0.3, -0.25) is 19.2 Å². The molecule has 3 heterocycles. The maximum Gasteiger partial charge on any atom is 0.408 e. The molecule has 0 radical (unpaired) electrons. The zero-order chi connectivity index (χ0) is 46.0. The van der Waals surface area contributed by atoms with Crippen molar-refractivity contribution in [2.24, 2.45) is 5.92 Å². The van der Waals surface area contributed by atoms with Gasteiger partial charge in [-0.1, -0.05) is 61.2 Å². The van der Waals surface area contributed by atoms with Gasteiger partial charge in [-0.25, -0.2) is 22.9 Å². The second-order valence-corrected chi connectivity index (χ2v) is 18.9. The number of hydrogen-bond donors (Lipinski definition) is 3. The quantitative estimate of drug-likeness (QED) is 0.122. The lowest BCUT2D eigenvalue weighted by atomic mass is 9.85. The molecule has 7 rings (SSSR count). The maximum atomic E-state index is 15.3. The number of sulfonamides is 1. The van der Waals surface area contributed by atoms with E-state index in [4.69, 9.17) is 19.2 Å². The SMILES string of the molecule is C=CC(=O)N1CCC(NC(=O)OC(C)(C)C)(C(=O)N2C[C@H](Oc3cc(-c4ccccc4)nc4cc(OC)ccc34)C[C@H]2C(=O)N[C@]2(C(=O)NS(=O)(=O)c3ccccc3)C[C@H]2C=C)CC1. The van der Waals surface area contributed by atoms with Crippen LogP contribution in [0.15, 0.2) is 115 Å². The second-order valence-electron chi connectivity index (χ2n) is 17.2. The highest BCUT2D eigenvalue weighted by Crippen LogP contribution is 2.45. The van der Waals surface area contributed by atoms with Gasteiger partial charge >= 0.3 is 6.09 Å². The number of methoxy groups -OCH3 is 1. The van der Waals surface area contributed by atoms with E-state index in [-0.39, 0.29) is 56.1 Å². The predicted octanol–water partition coefficient (Wildman–Crippen LogP) is 4.90. The fourth-order valence-corrected chi connectivity index (χ4v) is 9.37. The van der Waals surface area contributed by atoms with E-state index in [0.717, 1.165) is 5.56 Å². The first-order valence-electron chi connectivity index (χ1n) is 20.9.